The van der Waals surface area contributed by atoms with E-state index in [1.54, 1.807) is 12.3 Å². The molecule has 2 heterocycles. The molecule has 1 aromatic heterocycles. The molecule has 104 valence electrons. The quantitative estimate of drug-likeness (QED) is 0.844. The summed E-state index contributed by atoms with van der Waals surface area (Å²) in [5, 5.41) is 10.8. The molecule has 1 aromatic rings. The highest BCUT2D eigenvalue weighted by Crippen LogP contribution is 2.24. The third-order valence-electron chi connectivity index (χ3n) is 3.55. The molecule has 0 aliphatic carbocycles. The van der Waals surface area contributed by atoms with Gasteiger partial charge < -0.3 is 10.0 Å². The van der Waals surface area contributed by atoms with Crippen LogP contribution in [-0.4, -0.2) is 45.8 Å². The zero-order chi connectivity index (χ0) is 13.9. The van der Waals surface area contributed by atoms with Gasteiger partial charge >= 0.3 is 0 Å². The number of rotatable bonds is 2. The topological polar surface area (TPSA) is 53.4 Å². The highest BCUT2D eigenvalue weighted by molar-refractivity contribution is 7.98. The van der Waals surface area contributed by atoms with Gasteiger partial charge in [-0.25, -0.2) is 4.98 Å². The molecule has 4 nitrogen and oxygen atoms in total. The fourth-order valence-electron chi connectivity index (χ4n) is 2.35. The van der Waals surface area contributed by atoms with Gasteiger partial charge in [-0.2, -0.15) is 0 Å². The van der Waals surface area contributed by atoms with Crippen LogP contribution in [-0.2, 0) is 0 Å². The van der Waals surface area contributed by atoms with Crippen molar-refractivity contribution in [2.75, 3.05) is 19.3 Å². The number of aliphatic hydroxyl groups is 1. The van der Waals surface area contributed by atoms with Crippen LogP contribution < -0.4 is 0 Å². The largest absolute Gasteiger partial charge is 0.390 e. The molecule has 1 unspecified atom stereocenters. The van der Waals surface area contributed by atoms with Crippen molar-refractivity contribution in [3.05, 3.63) is 23.9 Å². The number of likely N-dealkylation sites (tertiary alicyclic amines) is 1. The van der Waals surface area contributed by atoms with E-state index < -0.39 is 5.60 Å². The highest BCUT2D eigenvalue weighted by atomic mass is 32.2. The lowest BCUT2D eigenvalue weighted by Crippen LogP contribution is -2.33. The normalized spacial score (nSPS) is 24.1. The summed E-state index contributed by atoms with van der Waals surface area (Å²) in [7, 11) is 0. The van der Waals surface area contributed by atoms with Crippen LogP contribution in [0.4, 0.5) is 0 Å². The molecule has 1 saturated heterocycles. The fourth-order valence-corrected chi connectivity index (χ4v) is 2.89. The van der Waals surface area contributed by atoms with E-state index in [0.29, 0.717) is 25.1 Å². The van der Waals surface area contributed by atoms with Gasteiger partial charge in [0.2, 0.25) is 0 Å². The van der Waals surface area contributed by atoms with Crippen molar-refractivity contribution in [2.45, 2.75) is 36.8 Å². The molecular weight excluding hydrogens is 260 g/mol. The predicted molar refractivity (Wildman–Crippen MR) is 76.4 cm³/mol. The molecular formula is C14H20N2O2S. The fraction of sp³-hybridized carbons (Fsp3) is 0.571. The summed E-state index contributed by atoms with van der Waals surface area (Å²) in [5.74, 6) is 0.0233. The molecule has 0 spiro atoms. The van der Waals surface area contributed by atoms with Crippen LogP contribution in [0.1, 0.15) is 36.5 Å². The summed E-state index contributed by atoms with van der Waals surface area (Å²) in [6, 6.07) is 3.62. The number of carbonyl (C=O) groups excluding carboxylic acids is 1. The van der Waals surface area contributed by atoms with Crippen molar-refractivity contribution in [1.82, 2.24) is 9.88 Å². The van der Waals surface area contributed by atoms with Gasteiger partial charge in [-0.3, -0.25) is 4.79 Å². The first kappa shape index (κ1) is 14.3. The van der Waals surface area contributed by atoms with Crippen LogP contribution in [0.25, 0.3) is 0 Å². The van der Waals surface area contributed by atoms with E-state index in [2.05, 4.69) is 4.98 Å². The monoisotopic (exact) mass is 280 g/mol. The molecule has 0 saturated carbocycles. The Bertz CT molecular complexity index is 463. The van der Waals surface area contributed by atoms with E-state index in [0.717, 1.165) is 17.9 Å². The molecule has 1 atom stereocenters. The van der Waals surface area contributed by atoms with Crippen molar-refractivity contribution in [3.63, 3.8) is 0 Å². The van der Waals surface area contributed by atoms with Gasteiger partial charge in [0.1, 0.15) is 5.03 Å². The van der Waals surface area contributed by atoms with Gasteiger partial charge in [-0.1, -0.05) is 0 Å². The molecule has 1 amide bonds. The summed E-state index contributed by atoms with van der Waals surface area (Å²) in [5.41, 5.74) is 0.0169. The minimum atomic E-state index is -0.647. The average molecular weight is 280 g/mol. The Kier molecular flexibility index (Phi) is 4.47. The maximum absolute atomic E-state index is 12.5. The number of hydrogen-bond donors (Lipinski definition) is 1. The van der Waals surface area contributed by atoms with Crippen LogP contribution >= 0.6 is 11.8 Å². The van der Waals surface area contributed by atoms with E-state index in [4.69, 9.17) is 0 Å². The maximum Gasteiger partial charge on any atom is 0.256 e. The number of nitrogens with zero attached hydrogens (tertiary/aromatic N) is 2. The van der Waals surface area contributed by atoms with Crippen molar-refractivity contribution >= 4 is 17.7 Å². The SMILES string of the molecule is CSc1ncccc1C(=O)N1CCCC(C)(O)CC1. The molecule has 0 radical (unpaired) electrons. The molecule has 1 aliphatic heterocycles. The number of pyridine rings is 1. The van der Waals surface area contributed by atoms with Crippen molar-refractivity contribution in [1.29, 1.82) is 0 Å². The predicted octanol–water partition coefficient (Wildman–Crippen LogP) is 2.18. The Hall–Kier alpha value is -1.07. The second-order valence-corrected chi connectivity index (χ2v) is 6.00. The van der Waals surface area contributed by atoms with Crippen LogP contribution in [0, 0.1) is 0 Å². The number of amides is 1. The van der Waals surface area contributed by atoms with E-state index in [1.165, 1.54) is 11.8 Å². The molecule has 0 bridgehead atoms. The van der Waals surface area contributed by atoms with E-state index in [1.807, 2.05) is 24.1 Å². The first-order valence-corrected chi connectivity index (χ1v) is 7.77. The second kappa shape index (κ2) is 5.92. The van der Waals surface area contributed by atoms with Crippen LogP contribution in [0.5, 0.6) is 0 Å². The van der Waals surface area contributed by atoms with Gasteiger partial charge in [-0.05, 0) is 44.6 Å². The minimum absolute atomic E-state index is 0.0233. The Morgan fingerprint density at radius 3 is 3.00 bits per heavy atom. The molecule has 0 aromatic carbocycles. The lowest BCUT2D eigenvalue weighted by molar-refractivity contribution is 0.0437. The first-order valence-electron chi connectivity index (χ1n) is 6.54. The molecule has 1 aliphatic rings. The zero-order valence-corrected chi connectivity index (χ0v) is 12.2. The van der Waals surface area contributed by atoms with Gasteiger partial charge in [0, 0.05) is 19.3 Å². The molecule has 2 rings (SSSR count). The first-order chi connectivity index (χ1) is 9.03. The van der Waals surface area contributed by atoms with Gasteiger partial charge in [-0.15, -0.1) is 11.8 Å². The van der Waals surface area contributed by atoms with Crippen LogP contribution in [0.15, 0.2) is 23.4 Å². The molecule has 1 fully saturated rings. The standard InChI is InChI=1S/C14H20N2O2S/c1-14(18)6-4-9-16(10-7-14)13(17)11-5-3-8-15-12(11)19-2/h3,5,8,18H,4,6-7,9-10H2,1-2H3. The summed E-state index contributed by atoms with van der Waals surface area (Å²) in [4.78, 5) is 18.6. The number of hydrogen-bond acceptors (Lipinski definition) is 4. The molecule has 19 heavy (non-hydrogen) atoms. The Morgan fingerprint density at radius 1 is 1.47 bits per heavy atom. The Labute approximate surface area is 118 Å². The third-order valence-corrected chi connectivity index (χ3v) is 4.26. The van der Waals surface area contributed by atoms with Gasteiger partial charge in [0.15, 0.2) is 0 Å². The van der Waals surface area contributed by atoms with Crippen molar-refractivity contribution in [2.24, 2.45) is 0 Å². The van der Waals surface area contributed by atoms with Crippen molar-refractivity contribution in [3.8, 4) is 0 Å². The van der Waals surface area contributed by atoms with Crippen LogP contribution in [0.2, 0.25) is 0 Å². The second-order valence-electron chi connectivity index (χ2n) is 5.20. The molecule has 1 N–H and O–H groups in total. The smallest absolute Gasteiger partial charge is 0.256 e. The van der Waals surface area contributed by atoms with Crippen molar-refractivity contribution < 1.29 is 9.90 Å². The van der Waals surface area contributed by atoms with Crippen LogP contribution in [0.3, 0.4) is 0 Å². The third kappa shape index (κ3) is 3.48. The van der Waals surface area contributed by atoms with E-state index in [-0.39, 0.29) is 5.91 Å². The zero-order valence-electron chi connectivity index (χ0n) is 11.4. The Balaban J connectivity index is 2.15. The highest BCUT2D eigenvalue weighted by Gasteiger charge is 2.28. The summed E-state index contributed by atoms with van der Waals surface area (Å²) >= 11 is 1.48. The number of thioether (sulfide) groups is 1. The minimum Gasteiger partial charge on any atom is -0.390 e. The molecule has 5 heteroatoms. The van der Waals surface area contributed by atoms with Gasteiger partial charge in [0.05, 0.1) is 11.2 Å². The average Bonchev–Trinajstić information content (AvgIpc) is 2.59. The van der Waals surface area contributed by atoms with E-state index >= 15 is 0 Å². The summed E-state index contributed by atoms with van der Waals surface area (Å²) in [6.07, 6.45) is 5.85. The number of aromatic nitrogens is 1. The Morgan fingerprint density at radius 2 is 2.26 bits per heavy atom. The van der Waals surface area contributed by atoms with E-state index in [9.17, 15) is 9.90 Å². The maximum atomic E-state index is 12.5. The van der Waals surface area contributed by atoms with Gasteiger partial charge in [0.25, 0.3) is 5.91 Å². The lowest BCUT2D eigenvalue weighted by atomic mass is 9.98. The summed E-state index contributed by atoms with van der Waals surface area (Å²) < 4.78 is 0. The summed E-state index contributed by atoms with van der Waals surface area (Å²) in [6.45, 7) is 3.16. The number of carbonyl (C=O) groups is 1. The lowest BCUT2D eigenvalue weighted by Gasteiger charge is -2.23.